The minimum atomic E-state index is -4.38. The maximum Gasteiger partial charge on any atom is 0.416 e. The smallest absolute Gasteiger partial charge is 0.336 e. The highest BCUT2D eigenvalue weighted by atomic mass is 19.4. The number of carbonyl (C=O) groups excluding carboxylic acids is 1. The molecule has 0 radical (unpaired) electrons. The van der Waals surface area contributed by atoms with Crippen LogP contribution in [0.25, 0.3) is 0 Å². The van der Waals surface area contributed by atoms with Crippen molar-refractivity contribution in [2.24, 2.45) is 5.73 Å². The van der Waals surface area contributed by atoms with Crippen molar-refractivity contribution in [1.82, 2.24) is 4.90 Å². The molecule has 2 N–H and O–H groups in total. The third-order valence-corrected chi connectivity index (χ3v) is 3.84. The van der Waals surface area contributed by atoms with Crippen molar-refractivity contribution >= 4 is 5.91 Å². The van der Waals surface area contributed by atoms with Crippen molar-refractivity contribution < 1.29 is 18.0 Å². The van der Waals surface area contributed by atoms with E-state index in [-0.39, 0.29) is 11.9 Å². The molecule has 2 rings (SSSR count). The second kappa shape index (κ2) is 6.47. The highest BCUT2D eigenvalue weighted by Gasteiger charge is 2.32. The van der Waals surface area contributed by atoms with E-state index in [1.54, 1.807) is 4.90 Å². The Morgan fingerprint density at radius 2 is 1.95 bits per heavy atom. The van der Waals surface area contributed by atoms with Gasteiger partial charge >= 0.3 is 6.18 Å². The quantitative estimate of drug-likeness (QED) is 0.929. The van der Waals surface area contributed by atoms with E-state index in [2.05, 4.69) is 0 Å². The molecule has 1 unspecified atom stereocenters. The van der Waals surface area contributed by atoms with Crippen LogP contribution < -0.4 is 5.73 Å². The Morgan fingerprint density at radius 1 is 1.29 bits per heavy atom. The molecule has 1 aromatic carbocycles. The van der Waals surface area contributed by atoms with E-state index in [0.717, 1.165) is 37.8 Å². The van der Waals surface area contributed by atoms with Crippen LogP contribution in [-0.4, -0.2) is 29.9 Å². The lowest BCUT2D eigenvalue weighted by molar-refractivity contribution is -0.137. The Morgan fingerprint density at radius 3 is 2.52 bits per heavy atom. The number of rotatable bonds is 4. The predicted molar refractivity (Wildman–Crippen MR) is 73.8 cm³/mol. The van der Waals surface area contributed by atoms with Crippen LogP contribution in [0, 0.1) is 0 Å². The largest absolute Gasteiger partial charge is 0.416 e. The molecule has 0 bridgehead atoms. The number of hydrogen-bond acceptors (Lipinski definition) is 2. The Kier molecular flexibility index (Phi) is 4.88. The summed E-state index contributed by atoms with van der Waals surface area (Å²) in [5, 5.41) is 0. The molecule has 0 spiro atoms. The average molecular weight is 300 g/mol. The maximum atomic E-state index is 12.5. The SMILES string of the molecule is NCCCC1CCCN1C(=O)c1ccc(C(F)(F)F)cc1. The first-order valence-electron chi connectivity index (χ1n) is 7.12. The highest BCUT2D eigenvalue weighted by Crippen LogP contribution is 2.30. The molecule has 1 aliphatic heterocycles. The van der Waals surface area contributed by atoms with Crippen molar-refractivity contribution in [3.05, 3.63) is 35.4 Å². The maximum absolute atomic E-state index is 12.5. The number of likely N-dealkylation sites (tertiary alicyclic amines) is 1. The topological polar surface area (TPSA) is 46.3 Å². The van der Waals surface area contributed by atoms with Gasteiger partial charge < -0.3 is 10.6 Å². The van der Waals surface area contributed by atoms with Crippen LogP contribution in [0.5, 0.6) is 0 Å². The molecule has 6 heteroatoms. The van der Waals surface area contributed by atoms with Crippen LogP contribution in [0.4, 0.5) is 13.2 Å². The van der Waals surface area contributed by atoms with Gasteiger partial charge in [-0.1, -0.05) is 0 Å². The molecule has 1 atom stereocenters. The molecular formula is C15H19F3N2O. The van der Waals surface area contributed by atoms with E-state index < -0.39 is 11.7 Å². The summed E-state index contributed by atoms with van der Waals surface area (Å²) >= 11 is 0. The number of nitrogens with two attached hydrogens (primary N) is 1. The Hall–Kier alpha value is -1.56. The van der Waals surface area contributed by atoms with E-state index in [4.69, 9.17) is 5.73 Å². The van der Waals surface area contributed by atoms with Crippen LogP contribution >= 0.6 is 0 Å². The first-order chi connectivity index (χ1) is 9.93. The standard InChI is InChI=1S/C15H19F3N2O/c16-15(17,18)12-7-5-11(6-8-12)14(21)20-10-2-4-13(20)3-1-9-19/h5-8,13H,1-4,9-10,19H2. The van der Waals surface area contributed by atoms with Gasteiger partial charge in [-0.3, -0.25) is 4.79 Å². The molecule has 0 saturated carbocycles. The molecule has 1 saturated heterocycles. The fourth-order valence-electron chi connectivity index (χ4n) is 2.72. The number of alkyl halides is 3. The van der Waals surface area contributed by atoms with Gasteiger partial charge in [-0.05, 0) is 56.5 Å². The van der Waals surface area contributed by atoms with Crippen molar-refractivity contribution in [1.29, 1.82) is 0 Å². The van der Waals surface area contributed by atoms with Crippen LogP contribution in [0.3, 0.4) is 0 Å². The van der Waals surface area contributed by atoms with E-state index >= 15 is 0 Å². The Labute approximate surface area is 121 Å². The summed E-state index contributed by atoms with van der Waals surface area (Å²) in [5.41, 5.74) is 5.06. The van der Waals surface area contributed by atoms with Gasteiger partial charge in [0.25, 0.3) is 5.91 Å². The number of amides is 1. The van der Waals surface area contributed by atoms with Crippen LogP contribution in [0.1, 0.15) is 41.6 Å². The lowest BCUT2D eigenvalue weighted by atomic mass is 10.1. The fraction of sp³-hybridized carbons (Fsp3) is 0.533. The molecule has 3 nitrogen and oxygen atoms in total. The molecule has 116 valence electrons. The second-order valence-corrected chi connectivity index (χ2v) is 5.30. The van der Waals surface area contributed by atoms with Gasteiger partial charge in [0.2, 0.25) is 0 Å². The van der Waals surface area contributed by atoms with Gasteiger partial charge in [-0.25, -0.2) is 0 Å². The zero-order valence-electron chi connectivity index (χ0n) is 11.7. The van der Waals surface area contributed by atoms with E-state index in [9.17, 15) is 18.0 Å². The zero-order valence-corrected chi connectivity index (χ0v) is 11.7. The summed E-state index contributed by atoms with van der Waals surface area (Å²) < 4.78 is 37.5. The second-order valence-electron chi connectivity index (χ2n) is 5.30. The fourth-order valence-corrected chi connectivity index (χ4v) is 2.72. The monoisotopic (exact) mass is 300 g/mol. The number of benzene rings is 1. The first-order valence-corrected chi connectivity index (χ1v) is 7.12. The molecule has 1 fully saturated rings. The minimum Gasteiger partial charge on any atom is -0.336 e. The van der Waals surface area contributed by atoms with Crippen molar-refractivity contribution in [3.8, 4) is 0 Å². The van der Waals surface area contributed by atoms with E-state index in [1.807, 2.05) is 0 Å². The highest BCUT2D eigenvalue weighted by molar-refractivity contribution is 5.94. The Bertz CT molecular complexity index is 485. The summed E-state index contributed by atoms with van der Waals surface area (Å²) in [6, 6.07) is 4.58. The first kappa shape index (κ1) is 15.8. The van der Waals surface area contributed by atoms with Gasteiger partial charge in [0, 0.05) is 18.2 Å². The minimum absolute atomic E-state index is 0.156. The molecule has 1 heterocycles. The van der Waals surface area contributed by atoms with Crippen LogP contribution in [-0.2, 0) is 6.18 Å². The van der Waals surface area contributed by atoms with E-state index in [1.165, 1.54) is 12.1 Å². The third kappa shape index (κ3) is 3.75. The lowest BCUT2D eigenvalue weighted by Gasteiger charge is -2.25. The normalized spacial score (nSPS) is 19.0. The number of nitrogens with zero attached hydrogens (tertiary/aromatic N) is 1. The molecule has 1 aliphatic rings. The van der Waals surface area contributed by atoms with E-state index in [0.29, 0.717) is 18.7 Å². The zero-order chi connectivity index (χ0) is 15.5. The summed E-state index contributed by atoms with van der Waals surface area (Å²) in [6.45, 7) is 1.24. The number of halogens is 3. The van der Waals surface area contributed by atoms with Crippen LogP contribution in [0.15, 0.2) is 24.3 Å². The lowest BCUT2D eigenvalue weighted by Crippen LogP contribution is -2.35. The summed E-state index contributed by atoms with van der Waals surface area (Å²) in [6.07, 6.45) is -0.808. The van der Waals surface area contributed by atoms with Gasteiger partial charge in [0.05, 0.1) is 5.56 Å². The van der Waals surface area contributed by atoms with Gasteiger partial charge in [-0.15, -0.1) is 0 Å². The molecule has 1 aromatic rings. The average Bonchev–Trinajstić information content (AvgIpc) is 2.92. The molecule has 0 aromatic heterocycles. The number of hydrogen-bond donors (Lipinski definition) is 1. The summed E-state index contributed by atoms with van der Waals surface area (Å²) in [4.78, 5) is 14.2. The van der Waals surface area contributed by atoms with Gasteiger partial charge in [-0.2, -0.15) is 13.2 Å². The predicted octanol–water partition coefficient (Wildman–Crippen LogP) is 3.05. The molecular weight excluding hydrogens is 281 g/mol. The summed E-state index contributed by atoms with van der Waals surface area (Å²) in [5.74, 6) is -0.191. The van der Waals surface area contributed by atoms with Crippen molar-refractivity contribution in [3.63, 3.8) is 0 Å². The molecule has 1 amide bonds. The Balaban J connectivity index is 2.08. The third-order valence-electron chi connectivity index (χ3n) is 3.84. The van der Waals surface area contributed by atoms with Crippen molar-refractivity contribution in [2.75, 3.05) is 13.1 Å². The van der Waals surface area contributed by atoms with Gasteiger partial charge in [0.1, 0.15) is 0 Å². The van der Waals surface area contributed by atoms with Gasteiger partial charge in [0.15, 0.2) is 0 Å². The van der Waals surface area contributed by atoms with Crippen LogP contribution in [0.2, 0.25) is 0 Å². The molecule has 0 aliphatic carbocycles. The summed E-state index contributed by atoms with van der Waals surface area (Å²) in [7, 11) is 0. The molecule has 21 heavy (non-hydrogen) atoms. The van der Waals surface area contributed by atoms with Crippen molar-refractivity contribution in [2.45, 2.75) is 37.9 Å². The number of carbonyl (C=O) groups is 1.